The Labute approximate surface area is 117 Å². The van der Waals surface area contributed by atoms with Gasteiger partial charge in [-0.15, -0.1) is 23.2 Å². The molecule has 0 saturated heterocycles. The van der Waals surface area contributed by atoms with E-state index in [0.717, 1.165) is 11.4 Å². The summed E-state index contributed by atoms with van der Waals surface area (Å²) in [7, 11) is 3.86. The minimum absolute atomic E-state index is 0.137. The number of carbonyl (C=O) groups is 1. The van der Waals surface area contributed by atoms with Crippen LogP contribution in [0.1, 0.15) is 13.3 Å². The Kier molecular flexibility index (Phi) is 3.24. The Morgan fingerprint density at radius 3 is 2.39 bits per heavy atom. The van der Waals surface area contributed by atoms with Crippen molar-refractivity contribution in [1.29, 1.82) is 0 Å². The molecule has 0 spiro atoms. The van der Waals surface area contributed by atoms with Crippen LogP contribution in [0, 0.1) is 5.41 Å². The van der Waals surface area contributed by atoms with E-state index in [0.29, 0.717) is 6.42 Å². The van der Waals surface area contributed by atoms with Crippen molar-refractivity contribution >= 4 is 40.5 Å². The number of alkyl halides is 2. The first-order chi connectivity index (χ1) is 8.28. The van der Waals surface area contributed by atoms with Gasteiger partial charge >= 0.3 is 0 Å². The highest BCUT2D eigenvalue weighted by Gasteiger charge is 2.67. The fourth-order valence-corrected chi connectivity index (χ4v) is 2.58. The Bertz CT molecular complexity index is 488. The second-order valence-corrected chi connectivity index (χ2v) is 6.56. The van der Waals surface area contributed by atoms with Gasteiger partial charge in [0.2, 0.25) is 5.91 Å². The Morgan fingerprint density at radius 2 is 1.89 bits per heavy atom. The highest BCUT2D eigenvalue weighted by atomic mass is 35.5. The number of nitrogens with zero attached hydrogens (tertiary/aromatic N) is 1. The van der Waals surface area contributed by atoms with Crippen LogP contribution < -0.4 is 10.2 Å². The number of nitrogens with one attached hydrogen (secondary N) is 1. The lowest BCUT2D eigenvalue weighted by Crippen LogP contribution is -2.26. The van der Waals surface area contributed by atoms with Crippen molar-refractivity contribution in [1.82, 2.24) is 0 Å². The summed E-state index contributed by atoms with van der Waals surface area (Å²) in [5.41, 5.74) is 1.02. The van der Waals surface area contributed by atoms with Crippen molar-refractivity contribution in [3.63, 3.8) is 0 Å². The molecule has 1 unspecified atom stereocenters. The summed E-state index contributed by atoms with van der Waals surface area (Å²) in [6.45, 7) is 1.78. The molecule has 3 nitrogen and oxygen atoms in total. The van der Waals surface area contributed by atoms with Gasteiger partial charge in [-0.1, -0.05) is 12.1 Å². The van der Waals surface area contributed by atoms with E-state index in [1.165, 1.54) is 0 Å². The molecule has 0 bridgehead atoms. The van der Waals surface area contributed by atoms with Gasteiger partial charge in [0, 0.05) is 14.1 Å². The average molecular weight is 287 g/mol. The number of rotatable bonds is 3. The predicted molar refractivity (Wildman–Crippen MR) is 76.6 cm³/mol. The first-order valence-corrected chi connectivity index (χ1v) is 6.49. The number of halogens is 2. The Hall–Kier alpha value is -0.930. The van der Waals surface area contributed by atoms with Crippen LogP contribution in [-0.4, -0.2) is 24.3 Å². The van der Waals surface area contributed by atoms with E-state index in [9.17, 15) is 4.79 Å². The molecule has 1 fully saturated rings. The minimum atomic E-state index is -0.940. The molecule has 1 N–H and O–H groups in total. The van der Waals surface area contributed by atoms with Crippen LogP contribution in [-0.2, 0) is 4.79 Å². The fourth-order valence-electron chi connectivity index (χ4n) is 1.88. The predicted octanol–water partition coefficient (Wildman–Crippen LogP) is 3.28. The molecule has 98 valence electrons. The fraction of sp³-hybridized carbons (Fsp3) is 0.462. The summed E-state index contributed by atoms with van der Waals surface area (Å²) in [4.78, 5) is 14.1. The van der Waals surface area contributed by atoms with Gasteiger partial charge in [0.25, 0.3) is 0 Å². The number of amides is 1. The molecule has 0 aliphatic heterocycles. The van der Waals surface area contributed by atoms with Gasteiger partial charge < -0.3 is 10.2 Å². The van der Waals surface area contributed by atoms with Gasteiger partial charge in [0.1, 0.15) is 4.33 Å². The Balaban J connectivity index is 2.19. The maximum absolute atomic E-state index is 12.2. The summed E-state index contributed by atoms with van der Waals surface area (Å²) >= 11 is 12.0. The number of anilines is 2. The van der Waals surface area contributed by atoms with E-state index in [1.807, 2.05) is 43.3 Å². The molecule has 5 heteroatoms. The third kappa shape index (κ3) is 2.17. The lowest BCUT2D eigenvalue weighted by molar-refractivity contribution is -0.120. The number of benzene rings is 1. The van der Waals surface area contributed by atoms with Gasteiger partial charge in [-0.05, 0) is 25.5 Å². The van der Waals surface area contributed by atoms with E-state index >= 15 is 0 Å². The quantitative estimate of drug-likeness (QED) is 0.865. The highest BCUT2D eigenvalue weighted by molar-refractivity contribution is 6.53. The topological polar surface area (TPSA) is 32.3 Å². The maximum Gasteiger partial charge on any atom is 0.233 e. The molecule has 0 aromatic heterocycles. The van der Waals surface area contributed by atoms with Crippen molar-refractivity contribution in [2.45, 2.75) is 17.7 Å². The molecule has 1 atom stereocenters. The maximum atomic E-state index is 12.2. The van der Waals surface area contributed by atoms with Crippen molar-refractivity contribution < 1.29 is 4.79 Å². The standard InChI is InChI=1S/C13H16Cl2N2O/c1-12(8-13(12,14)15)11(18)16-9-6-4-5-7-10(9)17(2)3/h4-7H,8H2,1-3H3,(H,16,18). The first kappa shape index (κ1) is 13.5. The molecule has 1 aromatic carbocycles. The molecule has 1 amide bonds. The molecular formula is C13H16Cl2N2O. The number of hydrogen-bond donors (Lipinski definition) is 1. The third-order valence-electron chi connectivity index (χ3n) is 3.39. The van der Waals surface area contributed by atoms with Crippen LogP contribution in [0.4, 0.5) is 11.4 Å². The largest absolute Gasteiger partial charge is 0.376 e. The summed E-state index contributed by atoms with van der Waals surface area (Å²) in [6.07, 6.45) is 0.485. The molecule has 1 aliphatic rings. The van der Waals surface area contributed by atoms with Crippen molar-refractivity contribution in [3.05, 3.63) is 24.3 Å². The second-order valence-electron chi connectivity index (χ2n) is 5.08. The summed E-state index contributed by atoms with van der Waals surface area (Å²) in [5.74, 6) is -0.137. The monoisotopic (exact) mass is 286 g/mol. The number of para-hydroxylation sites is 2. The zero-order valence-electron chi connectivity index (χ0n) is 10.6. The van der Waals surface area contributed by atoms with E-state index in [1.54, 1.807) is 6.92 Å². The SMILES string of the molecule is CN(C)c1ccccc1NC(=O)C1(C)CC1(Cl)Cl. The van der Waals surface area contributed by atoms with E-state index < -0.39 is 9.75 Å². The molecule has 0 radical (unpaired) electrons. The molecule has 0 heterocycles. The third-order valence-corrected chi connectivity index (χ3v) is 4.49. The molecule has 1 saturated carbocycles. The van der Waals surface area contributed by atoms with E-state index in [-0.39, 0.29) is 5.91 Å². The van der Waals surface area contributed by atoms with Gasteiger partial charge in [0.05, 0.1) is 16.8 Å². The average Bonchev–Trinajstić information content (AvgIpc) is 2.80. The van der Waals surface area contributed by atoms with Crippen LogP contribution >= 0.6 is 23.2 Å². The van der Waals surface area contributed by atoms with Crippen LogP contribution in [0.25, 0.3) is 0 Å². The summed E-state index contributed by atoms with van der Waals surface area (Å²) < 4.78 is -0.940. The molecule has 1 aromatic rings. The van der Waals surface area contributed by atoms with Gasteiger partial charge in [-0.25, -0.2) is 0 Å². The number of carbonyl (C=O) groups excluding carboxylic acids is 1. The lowest BCUT2D eigenvalue weighted by atomic mass is 10.1. The van der Waals surface area contributed by atoms with Crippen LogP contribution in [0.5, 0.6) is 0 Å². The number of hydrogen-bond acceptors (Lipinski definition) is 2. The van der Waals surface area contributed by atoms with Crippen molar-refractivity contribution in [2.75, 3.05) is 24.3 Å². The van der Waals surface area contributed by atoms with Gasteiger partial charge in [-0.3, -0.25) is 4.79 Å². The van der Waals surface area contributed by atoms with E-state index in [4.69, 9.17) is 23.2 Å². The Morgan fingerprint density at radius 1 is 1.33 bits per heavy atom. The molecule has 1 aliphatic carbocycles. The normalized spacial score (nSPS) is 24.5. The van der Waals surface area contributed by atoms with E-state index in [2.05, 4.69) is 5.32 Å². The van der Waals surface area contributed by atoms with Crippen LogP contribution in [0.15, 0.2) is 24.3 Å². The van der Waals surface area contributed by atoms with Crippen LogP contribution in [0.2, 0.25) is 0 Å². The zero-order chi connectivity index (χ0) is 13.6. The van der Waals surface area contributed by atoms with Gasteiger partial charge in [0.15, 0.2) is 0 Å². The van der Waals surface area contributed by atoms with Crippen molar-refractivity contribution in [3.8, 4) is 0 Å². The smallest absolute Gasteiger partial charge is 0.233 e. The first-order valence-electron chi connectivity index (χ1n) is 5.73. The lowest BCUT2D eigenvalue weighted by Gasteiger charge is -2.19. The molecule has 2 rings (SSSR count). The summed E-state index contributed by atoms with van der Waals surface area (Å²) in [6, 6.07) is 7.62. The zero-order valence-corrected chi connectivity index (χ0v) is 12.1. The summed E-state index contributed by atoms with van der Waals surface area (Å²) in [5, 5.41) is 2.90. The molecule has 18 heavy (non-hydrogen) atoms. The second kappa shape index (κ2) is 4.32. The van der Waals surface area contributed by atoms with Crippen molar-refractivity contribution in [2.24, 2.45) is 5.41 Å². The minimum Gasteiger partial charge on any atom is -0.376 e. The molecular weight excluding hydrogens is 271 g/mol. The van der Waals surface area contributed by atoms with Crippen LogP contribution in [0.3, 0.4) is 0 Å². The van der Waals surface area contributed by atoms with Gasteiger partial charge in [-0.2, -0.15) is 0 Å². The highest BCUT2D eigenvalue weighted by Crippen LogP contribution is 2.64.